The van der Waals surface area contributed by atoms with Gasteiger partial charge in [-0.2, -0.15) is 18.2 Å². The zero-order chi connectivity index (χ0) is 20.8. The lowest BCUT2D eigenvalue weighted by molar-refractivity contribution is -0.137. The van der Waals surface area contributed by atoms with Crippen LogP contribution in [0.25, 0.3) is 11.4 Å². The molecule has 4 rings (SSSR count). The number of carbonyl (C=O) groups is 1. The molecule has 1 aliphatic rings. The van der Waals surface area contributed by atoms with E-state index in [0.717, 1.165) is 29.2 Å². The quantitative estimate of drug-likeness (QED) is 0.596. The molecule has 1 unspecified atom stereocenters. The Morgan fingerprint density at radius 3 is 2.62 bits per heavy atom. The summed E-state index contributed by atoms with van der Waals surface area (Å²) in [6.45, 7) is 0.0195. The molecule has 1 aromatic heterocycles. The lowest BCUT2D eigenvalue weighted by Gasteiger charge is -2.16. The van der Waals surface area contributed by atoms with E-state index in [0.29, 0.717) is 6.07 Å². The molecule has 1 fully saturated rings. The highest BCUT2D eigenvalue weighted by Crippen LogP contribution is 2.34. The van der Waals surface area contributed by atoms with Gasteiger partial charge in [0.25, 0.3) is 0 Å². The van der Waals surface area contributed by atoms with Crippen LogP contribution < -0.4 is 4.90 Å². The molecule has 3 aromatic rings. The zero-order valence-corrected chi connectivity index (χ0v) is 14.6. The van der Waals surface area contributed by atoms with Gasteiger partial charge in [-0.3, -0.25) is 4.79 Å². The van der Waals surface area contributed by atoms with Crippen LogP contribution in [0.1, 0.15) is 23.8 Å². The van der Waals surface area contributed by atoms with Crippen LogP contribution >= 0.6 is 0 Å². The monoisotopic (exact) mass is 409 g/mol. The second kappa shape index (κ2) is 6.94. The van der Waals surface area contributed by atoms with Crippen molar-refractivity contribution in [2.24, 2.45) is 0 Å². The summed E-state index contributed by atoms with van der Waals surface area (Å²) in [7, 11) is 0. The number of amides is 1. The summed E-state index contributed by atoms with van der Waals surface area (Å²) < 4.78 is 70.8. The van der Waals surface area contributed by atoms with Crippen LogP contribution in [0.2, 0.25) is 0 Å². The van der Waals surface area contributed by atoms with Crippen molar-refractivity contribution in [2.75, 3.05) is 11.4 Å². The molecule has 0 radical (unpaired) electrons. The van der Waals surface area contributed by atoms with Gasteiger partial charge < -0.3 is 9.42 Å². The molecule has 29 heavy (non-hydrogen) atoms. The summed E-state index contributed by atoms with van der Waals surface area (Å²) in [5, 5.41) is 3.70. The normalized spacial score (nSPS) is 17.2. The number of alkyl halides is 3. The van der Waals surface area contributed by atoms with E-state index in [-0.39, 0.29) is 35.9 Å². The van der Waals surface area contributed by atoms with Crippen molar-refractivity contribution in [2.45, 2.75) is 18.5 Å². The highest BCUT2D eigenvalue weighted by molar-refractivity contribution is 5.96. The Morgan fingerprint density at radius 1 is 1.10 bits per heavy atom. The molecule has 2 aromatic carbocycles. The highest BCUT2D eigenvalue weighted by Gasteiger charge is 2.36. The van der Waals surface area contributed by atoms with Crippen LogP contribution in [-0.4, -0.2) is 22.6 Å². The lowest BCUT2D eigenvalue weighted by atomic mass is 10.1. The number of benzene rings is 2. The van der Waals surface area contributed by atoms with Crippen LogP contribution in [-0.2, 0) is 11.0 Å². The first-order chi connectivity index (χ1) is 13.7. The predicted molar refractivity (Wildman–Crippen MR) is 90.8 cm³/mol. The van der Waals surface area contributed by atoms with Crippen LogP contribution in [0.4, 0.5) is 27.6 Å². The second-order valence-corrected chi connectivity index (χ2v) is 6.54. The van der Waals surface area contributed by atoms with E-state index in [9.17, 15) is 26.7 Å². The summed E-state index contributed by atoms with van der Waals surface area (Å²) in [6.07, 6.45) is -4.57. The largest absolute Gasteiger partial charge is 0.416 e. The number of anilines is 1. The van der Waals surface area contributed by atoms with Crippen LogP contribution in [0.5, 0.6) is 0 Å². The van der Waals surface area contributed by atoms with Crippen LogP contribution in [0.15, 0.2) is 47.0 Å². The van der Waals surface area contributed by atoms with Crippen LogP contribution in [0, 0.1) is 11.6 Å². The van der Waals surface area contributed by atoms with Crippen molar-refractivity contribution in [3.05, 3.63) is 65.6 Å². The fourth-order valence-corrected chi connectivity index (χ4v) is 3.16. The van der Waals surface area contributed by atoms with Gasteiger partial charge in [-0.15, -0.1) is 0 Å². The first-order valence-corrected chi connectivity index (χ1v) is 8.49. The Morgan fingerprint density at radius 2 is 1.90 bits per heavy atom. The van der Waals surface area contributed by atoms with Crippen molar-refractivity contribution in [3.8, 4) is 11.4 Å². The van der Waals surface area contributed by atoms with Crippen LogP contribution in [0.3, 0.4) is 0 Å². The van der Waals surface area contributed by atoms with Crippen molar-refractivity contribution in [1.29, 1.82) is 0 Å². The average Bonchev–Trinajstić information content (AvgIpc) is 3.28. The van der Waals surface area contributed by atoms with Crippen molar-refractivity contribution in [3.63, 3.8) is 0 Å². The van der Waals surface area contributed by atoms with Gasteiger partial charge in [0.15, 0.2) is 0 Å². The smallest absolute Gasteiger partial charge is 0.339 e. The number of aromatic nitrogens is 2. The van der Waals surface area contributed by atoms with E-state index < -0.39 is 35.2 Å². The zero-order valence-electron chi connectivity index (χ0n) is 14.6. The summed E-state index contributed by atoms with van der Waals surface area (Å²) in [6, 6.07) is 7.33. The maximum Gasteiger partial charge on any atom is 0.416 e. The predicted octanol–water partition coefficient (Wildman–Crippen LogP) is 4.55. The van der Waals surface area contributed by atoms with E-state index in [1.807, 2.05) is 0 Å². The third-order valence-electron chi connectivity index (χ3n) is 4.56. The Hall–Kier alpha value is -3.30. The minimum absolute atomic E-state index is 0.0195. The van der Waals surface area contributed by atoms with E-state index in [2.05, 4.69) is 10.1 Å². The van der Waals surface area contributed by atoms with Gasteiger partial charge >= 0.3 is 6.18 Å². The summed E-state index contributed by atoms with van der Waals surface area (Å²) in [5.74, 6) is -2.63. The Bertz CT molecular complexity index is 1080. The van der Waals surface area contributed by atoms with E-state index in [4.69, 9.17) is 4.52 Å². The van der Waals surface area contributed by atoms with Crippen molar-refractivity contribution in [1.82, 2.24) is 10.1 Å². The minimum Gasteiger partial charge on any atom is -0.339 e. The number of carbonyl (C=O) groups excluding carboxylic acids is 1. The van der Waals surface area contributed by atoms with E-state index in [1.54, 1.807) is 0 Å². The van der Waals surface area contributed by atoms with Crippen molar-refractivity contribution >= 4 is 11.6 Å². The second-order valence-electron chi connectivity index (χ2n) is 6.54. The number of hydrogen-bond acceptors (Lipinski definition) is 4. The lowest BCUT2D eigenvalue weighted by Crippen LogP contribution is -2.25. The first-order valence-electron chi connectivity index (χ1n) is 8.49. The molecule has 0 bridgehead atoms. The number of halogens is 5. The third-order valence-corrected chi connectivity index (χ3v) is 4.56. The minimum atomic E-state index is -4.51. The molecule has 0 aliphatic carbocycles. The molecule has 150 valence electrons. The van der Waals surface area contributed by atoms with Gasteiger partial charge in [0.2, 0.25) is 17.6 Å². The average molecular weight is 409 g/mol. The summed E-state index contributed by atoms with van der Waals surface area (Å²) in [4.78, 5) is 17.5. The molecule has 2 heterocycles. The molecule has 1 atom stereocenters. The van der Waals surface area contributed by atoms with E-state index in [1.165, 1.54) is 12.1 Å². The molecule has 5 nitrogen and oxygen atoms in total. The van der Waals surface area contributed by atoms with Gasteiger partial charge in [0, 0.05) is 24.6 Å². The molecule has 0 saturated carbocycles. The SMILES string of the molecule is O=C1CC(c2nc(-c3cccc(C(F)(F)F)c3)no2)CN1c1ccc(F)cc1F. The molecular weight excluding hydrogens is 397 g/mol. The Labute approximate surface area is 160 Å². The Balaban J connectivity index is 1.57. The Kier molecular flexibility index (Phi) is 4.56. The van der Waals surface area contributed by atoms with Gasteiger partial charge in [0.05, 0.1) is 17.2 Å². The molecule has 0 spiro atoms. The van der Waals surface area contributed by atoms with Gasteiger partial charge in [-0.1, -0.05) is 17.3 Å². The maximum atomic E-state index is 14.0. The van der Waals surface area contributed by atoms with Crippen molar-refractivity contribution < 1.29 is 31.3 Å². The number of hydrogen-bond donors (Lipinski definition) is 0. The first kappa shape index (κ1) is 19.0. The van der Waals surface area contributed by atoms with Gasteiger partial charge in [0.1, 0.15) is 11.6 Å². The molecule has 1 amide bonds. The fourth-order valence-electron chi connectivity index (χ4n) is 3.16. The van der Waals surface area contributed by atoms with E-state index >= 15 is 0 Å². The molecule has 0 N–H and O–H groups in total. The summed E-state index contributed by atoms with van der Waals surface area (Å²) in [5.41, 5.74) is -0.813. The number of rotatable bonds is 3. The topological polar surface area (TPSA) is 59.2 Å². The molecule has 1 saturated heterocycles. The molecule has 10 heteroatoms. The summed E-state index contributed by atoms with van der Waals surface area (Å²) >= 11 is 0. The standard InChI is InChI=1S/C19H12F5N3O2/c20-13-4-5-15(14(21)8-13)27-9-11(7-16(27)28)18-25-17(26-29-18)10-2-1-3-12(6-10)19(22,23)24/h1-6,8,11H,7,9H2. The third kappa shape index (κ3) is 3.69. The van der Waals surface area contributed by atoms with Gasteiger partial charge in [-0.05, 0) is 24.3 Å². The van der Waals surface area contributed by atoms with Gasteiger partial charge in [-0.25, -0.2) is 8.78 Å². The molecular formula is C19H12F5N3O2. The fraction of sp³-hybridized carbons (Fsp3) is 0.211. The molecule has 1 aliphatic heterocycles. The maximum absolute atomic E-state index is 14.0. The highest BCUT2D eigenvalue weighted by atomic mass is 19.4. The number of nitrogens with zero attached hydrogens (tertiary/aromatic N) is 3.